The molecule has 1 heterocycles. The average Bonchev–Trinajstić information content (AvgIpc) is 2.38. The van der Waals surface area contributed by atoms with Gasteiger partial charge in [0.1, 0.15) is 5.04 Å². The van der Waals surface area contributed by atoms with Gasteiger partial charge in [-0.2, -0.15) is 0 Å². The molecule has 0 aliphatic carbocycles. The largest absolute Gasteiger partial charge is 0.394 e. The summed E-state index contributed by atoms with van der Waals surface area (Å²) in [6.07, 6.45) is 2.76. The van der Waals surface area contributed by atoms with Gasteiger partial charge in [0.05, 0.1) is 5.03 Å². The van der Waals surface area contributed by atoms with Gasteiger partial charge in [0.2, 0.25) is 0 Å². The number of thioether (sulfide) groups is 1. The fourth-order valence-corrected chi connectivity index (χ4v) is 1.70. The van der Waals surface area contributed by atoms with E-state index in [2.05, 4.69) is 23.5 Å². The van der Waals surface area contributed by atoms with Crippen molar-refractivity contribution in [1.82, 2.24) is 4.98 Å². The van der Waals surface area contributed by atoms with Crippen LogP contribution in [-0.2, 0) is 6.42 Å². The Bertz CT molecular complexity index is 369. The predicted octanol–water partition coefficient (Wildman–Crippen LogP) is 3.21. The minimum atomic E-state index is 0.537. The Hall–Kier alpha value is -1.29. The Kier molecular flexibility index (Phi) is 8.15. The Labute approximate surface area is 108 Å². The van der Waals surface area contributed by atoms with Gasteiger partial charge in [-0.3, -0.25) is 9.98 Å². The zero-order valence-electron chi connectivity index (χ0n) is 11.0. The molecule has 0 spiro atoms. The highest BCUT2D eigenvalue weighted by atomic mass is 32.2. The zero-order valence-corrected chi connectivity index (χ0v) is 11.8. The first kappa shape index (κ1) is 15.7. The number of nitrogens with zero attached hydrogens (tertiary/aromatic N) is 2. The van der Waals surface area contributed by atoms with Crippen molar-refractivity contribution in [2.45, 2.75) is 27.2 Å². The van der Waals surface area contributed by atoms with Crippen LogP contribution in [0.15, 0.2) is 34.9 Å². The third kappa shape index (κ3) is 5.54. The van der Waals surface area contributed by atoms with Crippen LogP contribution in [0.4, 0.5) is 0 Å². The van der Waals surface area contributed by atoms with E-state index in [1.165, 1.54) is 11.8 Å². The minimum absolute atomic E-state index is 0.537. The molecule has 0 unspecified atom stereocenters. The number of nitrogens with two attached hydrogens (primary N) is 1. The van der Waals surface area contributed by atoms with Crippen LogP contribution >= 0.6 is 11.8 Å². The molecule has 2 N–H and O–H groups in total. The molecule has 0 amide bonds. The molecule has 0 saturated heterocycles. The number of aliphatic imine (C=N–C) groups is 1. The van der Waals surface area contributed by atoms with E-state index in [0.717, 1.165) is 22.7 Å². The molecule has 0 atom stereocenters. The maximum absolute atomic E-state index is 5.53. The summed E-state index contributed by atoms with van der Waals surface area (Å²) in [5.74, 6) is 0. The van der Waals surface area contributed by atoms with Gasteiger partial charge in [0.25, 0.3) is 0 Å². The molecule has 0 saturated carbocycles. The van der Waals surface area contributed by atoms with Crippen LogP contribution in [0.25, 0.3) is 0 Å². The first-order chi connectivity index (χ1) is 8.17. The zero-order chi connectivity index (χ0) is 13.3. The summed E-state index contributed by atoms with van der Waals surface area (Å²) in [4.78, 5) is 8.46. The Morgan fingerprint density at radius 2 is 2.12 bits per heavy atom. The molecule has 4 heteroatoms. The lowest BCUT2D eigenvalue weighted by molar-refractivity contribution is 1.03. The summed E-state index contributed by atoms with van der Waals surface area (Å²) < 4.78 is 0. The molecular weight excluding hydrogens is 230 g/mol. The van der Waals surface area contributed by atoms with Crippen LogP contribution in [0.1, 0.15) is 32.0 Å². The number of pyridine rings is 1. The Morgan fingerprint density at radius 1 is 1.47 bits per heavy atom. The molecule has 1 aromatic heterocycles. The van der Waals surface area contributed by atoms with Gasteiger partial charge in [-0.05, 0) is 18.6 Å². The minimum Gasteiger partial charge on any atom is -0.394 e. The quantitative estimate of drug-likeness (QED) is 0.663. The first-order valence-electron chi connectivity index (χ1n) is 5.71. The normalized spacial score (nSPS) is 10.5. The van der Waals surface area contributed by atoms with E-state index in [4.69, 9.17) is 5.73 Å². The highest BCUT2D eigenvalue weighted by Gasteiger charge is 2.04. The first-order valence-corrected chi connectivity index (χ1v) is 6.53. The predicted molar refractivity (Wildman–Crippen MR) is 78.3 cm³/mol. The number of hydrogen-bond acceptors (Lipinski definition) is 4. The molecular formula is C13H21N3S. The fourth-order valence-electron chi connectivity index (χ4n) is 1.12. The third-order valence-corrected chi connectivity index (χ3v) is 2.74. The number of aromatic nitrogens is 1. The molecule has 0 radical (unpaired) electrons. The summed E-state index contributed by atoms with van der Waals surface area (Å²) in [6.45, 7) is 9.72. The topological polar surface area (TPSA) is 51.3 Å². The molecule has 1 rings (SSSR count). The van der Waals surface area contributed by atoms with Crippen LogP contribution in [0.5, 0.6) is 0 Å². The summed E-state index contributed by atoms with van der Waals surface area (Å²) >= 11 is 1.36. The van der Waals surface area contributed by atoms with E-state index in [1.807, 2.05) is 32.2 Å². The molecule has 3 nitrogen and oxygen atoms in total. The van der Waals surface area contributed by atoms with Crippen molar-refractivity contribution in [1.29, 1.82) is 0 Å². The van der Waals surface area contributed by atoms with Crippen molar-refractivity contribution in [3.8, 4) is 0 Å². The van der Waals surface area contributed by atoms with Crippen molar-refractivity contribution in [2.24, 2.45) is 10.7 Å². The molecule has 0 aromatic carbocycles. The molecule has 17 heavy (non-hydrogen) atoms. The lowest BCUT2D eigenvalue weighted by Crippen LogP contribution is -2.01. The second-order valence-electron chi connectivity index (χ2n) is 2.99. The maximum atomic E-state index is 5.53. The van der Waals surface area contributed by atoms with Crippen molar-refractivity contribution >= 4 is 16.8 Å². The van der Waals surface area contributed by atoms with Crippen LogP contribution in [0, 0.1) is 0 Å². The molecule has 94 valence electrons. The van der Waals surface area contributed by atoms with Crippen LogP contribution in [-0.4, -0.2) is 17.1 Å². The van der Waals surface area contributed by atoms with Gasteiger partial charge < -0.3 is 5.73 Å². The average molecular weight is 251 g/mol. The Morgan fingerprint density at radius 3 is 2.47 bits per heavy atom. The van der Waals surface area contributed by atoms with E-state index in [0.29, 0.717) is 5.03 Å². The van der Waals surface area contributed by atoms with Crippen molar-refractivity contribution in [2.75, 3.05) is 7.05 Å². The van der Waals surface area contributed by atoms with Gasteiger partial charge >= 0.3 is 0 Å². The molecule has 0 aliphatic heterocycles. The van der Waals surface area contributed by atoms with E-state index < -0.39 is 0 Å². The van der Waals surface area contributed by atoms with Gasteiger partial charge in [-0.1, -0.05) is 39.1 Å². The SMILES string of the molecule is C=C(N)SC(=NC)c1ccc(CC)nc1.CC. The number of hydrogen-bond donors (Lipinski definition) is 1. The monoisotopic (exact) mass is 251 g/mol. The van der Waals surface area contributed by atoms with E-state index in [9.17, 15) is 0 Å². The Balaban J connectivity index is 0.00000121. The smallest absolute Gasteiger partial charge is 0.105 e. The second kappa shape index (κ2) is 8.82. The lowest BCUT2D eigenvalue weighted by atomic mass is 10.2. The van der Waals surface area contributed by atoms with Crippen LogP contribution < -0.4 is 5.73 Å². The van der Waals surface area contributed by atoms with E-state index in [-0.39, 0.29) is 0 Å². The highest BCUT2D eigenvalue weighted by molar-refractivity contribution is 8.17. The van der Waals surface area contributed by atoms with E-state index in [1.54, 1.807) is 7.05 Å². The number of rotatable bonds is 3. The van der Waals surface area contributed by atoms with Gasteiger partial charge in [-0.15, -0.1) is 0 Å². The summed E-state index contributed by atoms with van der Waals surface area (Å²) in [7, 11) is 1.74. The molecule has 0 aliphatic rings. The standard InChI is InChI=1S/C11H15N3S.C2H6/c1-4-10-6-5-9(7-14-10)11(13-3)15-8(2)12;1-2/h5-7H,2,4,12H2,1,3H3;1-2H3. The van der Waals surface area contributed by atoms with Gasteiger partial charge in [-0.25, -0.2) is 0 Å². The van der Waals surface area contributed by atoms with Crippen molar-refractivity contribution in [3.05, 3.63) is 41.2 Å². The maximum Gasteiger partial charge on any atom is 0.105 e. The molecule has 1 aromatic rings. The summed E-state index contributed by atoms with van der Waals surface area (Å²) in [6, 6.07) is 4.00. The van der Waals surface area contributed by atoms with Gasteiger partial charge in [0, 0.05) is 24.5 Å². The lowest BCUT2D eigenvalue weighted by Gasteiger charge is -2.05. The highest BCUT2D eigenvalue weighted by Crippen LogP contribution is 2.17. The number of aryl methyl sites for hydroxylation is 1. The summed E-state index contributed by atoms with van der Waals surface area (Å²) in [5, 5.41) is 1.38. The fraction of sp³-hybridized carbons (Fsp3) is 0.385. The van der Waals surface area contributed by atoms with Crippen molar-refractivity contribution < 1.29 is 0 Å². The second-order valence-corrected chi connectivity index (χ2v) is 4.10. The van der Waals surface area contributed by atoms with Crippen LogP contribution in [0.3, 0.4) is 0 Å². The molecule has 0 fully saturated rings. The van der Waals surface area contributed by atoms with Crippen molar-refractivity contribution in [3.63, 3.8) is 0 Å². The van der Waals surface area contributed by atoms with Crippen LogP contribution in [0.2, 0.25) is 0 Å². The van der Waals surface area contributed by atoms with Gasteiger partial charge in [0.15, 0.2) is 0 Å². The third-order valence-electron chi connectivity index (χ3n) is 1.86. The summed E-state index contributed by atoms with van der Waals surface area (Å²) in [5.41, 5.74) is 7.58. The molecule has 0 bridgehead atoms. The van der Waals surface area contributed by atoms with E-state index >= 15 is 0 Å².